The number of carbonyl (C=O) groups is 1. The van der Waals surface area contributed by atoms with E-state index in [9.17, 15) is 4.79 Å². The van der Waals surface area contributed by atoms with E-state index in [0.717, 1.165) is 12.8 Å². The van der Waals surface area contributed by atoms with E-state index in [1.165, 1.54) is 0 Å². The van der Waals surface area contributed by atoms with E-state index in [1.807, 2.05) is 6.92 Å². The normalized spacial score (nSPS) is 13.8. The minimum absolute atomic E-state index is 0.191. The van der Waals surface area contributed by atoms with Crippen molar-refractivity contribution >= 4 is 12.5 Å². The van der Waals surface area contributed by atoms with Crippen molar-refractivity contribution < 1.29 is 9.90 Å². The lowest BCUT2D eigenvalue weighted by Crippen LogP contribution is -2.11. The van der Waals surface area contributed by atoms with Crippen molar-refractivity contribution in [2.45, 2.75) is 25.8 Å². The molecule has 0 amide bonds. The zero-order valence-electron chi connectivity index (χ0n) is 6.16. The third kappa shape index (κ3) is 4.21. The first-order valence-electron chi connectivity index (χ1n) is 3.43. The second-order valence-corrected chi connectivity index (χ2v) is 2.01. The summed E-state index contributed by atoms with van der Waals surface area (Å²) in [5, 5.41) is 8.48. The van der Waals surface area contributed by atoms with Crippen molar-refractivity contribution in [1.29, 1.82) is 0 Å². The minimum atomic E-state index is -0.549. The third-order valence-corrected chi connectivity index (χ3v) is 1.06. The van der Waals surface area contributed by atoms with E-state index in [0.29, 0.717) is 6.29 Å². The number of hydrogen-bond acceptors (Lipinski definition) is 3. The van der Waals surface area contributed by atoms with Crippen molar-refractivity contribution in [2.75, 3.05) is 6.61 Å². The van der Waals surface area contributed by atoms with E-state index in [-0.39, 0.29) is 6.61 Å². The molecule has 0 unspecified atom stereocenters. The summed E-state index contributed by atoms with van der Waals surface area (Å²) in [6.07, 6.45) is 4.20. The molecule has 0 saturated carbocycles. The van der Waals surface area contributed by atoms with Gasteiger partial charge in [0, 0.05) is 0 Å². The number of aldehydes is 1. The van der Waals surface area contributed by atoms with Gasteiger partial charge in [0.05, 0.1) is 6.61 Å². The Morgan fingerprint density at radius 3 is 2.80 bits per heavy atom. The van der Waals surface area contributed by atoms with Crippen LogP contribution in [0.2, 0.25) is 0 Å². The lowest BCUT2D eigenvalue weighted by Gasteiger charge is -1.96. The average molecular weight is 143 g/mol. The maximum absolute atomic E-state index is 10.1. The highest BCUT2D eigenvalue weighted by atomic mass is 16.3. The van der Waals surface area contributed by atoms with Crippen LogP contribution >= 0.6 is 0 Å². The van der Waals surface area contributed by atoms with Gasteiger partial charge in [0.15, 0.2) is 0 Å². The van der Waals surface area contributed by atoms with Crippen LogP contribution in [0.15, 0.2) is 4.99 Å². The topological polar surface area (TPSA) is 49.7 Å². The minimum Gasteiger partial charge on any atom is -0.394 e. The van der Waals surface area contributed by atoms with Gasteiger partial charge in [0.1, 0.15) is 12.3 Å². The molecule has 3 heteroatoms. The van der Waals surface area contributed by atoms with Crippen LogP contribution < -0.4 is 0 Å². The van der Waals surface area contributed by atoms with E-state index >= 15 is 0 Å². The molecule has 0 aliphatic heterocycles. The second-order valence-electron chi connectivity index (χ2n) is 2.01. The molecule has 0 heterocycles. The molecular weight excluding hydrogens is 130 g/mol. The van der Waals surface area contributed by atoms with E-state index in [1.54, 1.807) is 6.21 Å². The number of rotatable bonds is 5. The van der Waals surface area contributed by atoms with Crippen molar-refractivity contribution in [2.24, 2.45) is 4.99 Å². The molecule has 10 heavy (non-hydrogen) atoms. The SMILES string of the molecule is CCC/C=N/[C@H](C=O)CO. The van der Waals surface area contributed by atoms with Gasteiger partial charge in [0.2, 0.25) is 0 Å². The number of nitrogens with zero attached hydrogens (tertiary/aromatic N) is 1. The molecule has 0 aliphatic rings. The Bertz CT molecular complexity index is 112. The van der Waals surface area contributed by atoms with Crippen LogP contribution in [-0.2, 0) is 4.79 Å². The first kappa shape index (κ1) is 9.30. The highest BCUT2D eigenvalue weighted by molar-refractivity contribution is 5.65. The summed E-state index contributed by atoms with van der Waals surface area (Å²) in [6, 6.07) is -0.549. The van der Waals surface area contributed by atoms with Crippen LogP contribution in [0.5, 0.6) is 0 Å². The maximum atomic E-state index is 10.1. The van der Waals surface area contributed by atoms with Gasteiger partial charge in [-0.1, -0.05) is 13.3 Å². The number of aliphatic imine (C=N–C) groups is 1. The van der Waals surface area contributed by atoms with Crippen LogP contribution in [0.1, 0.15) is 19.8 Å². The summed E-state index contributed by atoms with van der Waals surface area (Å²) in [6.45, 7) is 1.84. The molecule has 0 radical (unpaired) electrons. The van der Waals surface area contributed by atoms with Crippen LogP contribution in [-0.4, -0.2) is 30.3 Å². The lowest BCUT2D eigenvalue weighted by molar-refractivity contribution is -0.109. The van der Waals surface area contributed by atoms with Gasteiger partial charge in [0.25, 0.3) is 0 Å². The smallest absolute Gasteiger partial charge is 0.146 e. The Morgan fingerprint density at radius 2 is 2.40 bits per heavy atom. The zero-order valence-corrected chi connectivity index (χ0v) is 6.16. The van der Waals surface area contributed by atoms with Gasteiger partial charge in [-0.25, -0.2) is 0 Å². The number of hydrogen-bond donors (Lipinski definition) is 1. The first-order chi connectivity index (χ1) is 4.85. The Hall–Kier alpha value is -0.700. The summed E-state index contributed by atoms with van der Waals surface area (Å²) in [5.74, 6) is 0. The monoisotopic (exact) mass is 143 g/mol. The number of carbonyl (C=O) groups excluding carboxylic acids is 1. The standard InChI is InChI=1S/C7H13NO2/c1-2-3-4-8-7(5-9)6-10/h4-5,7,10H,2-3,6H2,1H3/b8-4+/t7-/m1/s1. The van der Waals surface area contributed by atoms with Gasteiger partial charge in [-0.2, -0.15) is 0 Å². The predicted molar refractivity (Wildman–Crippen MR) is 40.3 cm³/mol. The first-order valence-corrected chi connectivity index (χ1v) is 3.43. The predicted octanol–water partition coefficient (Wildman–Crippen LogP) is 0.417. The fourth-order valence-electron chi connectivity index (χ4n) is 0.464. The van der Waals surface area contributed by atoms with Crippen molar-refractivity contribution in [3.8, 4) is 0 Å². The highest BCUT2D eigenvalue weighted by Crippen LogP contribution is 1.86. The highest BCUT2D eigenvalue weighted by Gasteiger charge is 1.97. The molecule has 58 valence electrons. The molecule has 0 aromatic rings. The fraction of sp³-hybridized carbons (Fsp3) is 0.714. The lowest BCUT2D eigenvalue weighted by atomic mass is 10.3. The Labute approximate surface area is 60.8 Å². The summed E-state index contributed by atoms with van der Waals surface area (Å²) in [5.41, 5.74) is 0. The maximum Gasteiger partial charge on any atom is 0.146 e. The molecule has 0 fully saturated rings. The Morgan fingerprint density at radius 1 is 1.70 bits per heavy atom. The third-order valence-electron chi connectivity index (χ3n) is 1.06. The fourth-order valence-corrected chi connectivity index (χ4v) is 0.464. The largest absolute Gasteiger partial charge is 0.394 e. The number of aliphatic hydroxyl groups excluding tert-OH is 1. The van der Waals surface area contributed by atoms with Crippen LogP contribution in [0.4, 0.5) is 0 Å². The average Bonchev–Trinajstić information content (AvgIpc) is 1.99. The molecule has 3 nitrogen and oxygen atoms in total. The van der Waals surface area contributed by atoms with Crippen molar-refractivity contribution in [3.63, 3.8) is 0 Å². The van der Waals surface area contributed by atoms with E-state index in [4.69, 9.17) is 5.11 Å². The quantitative estimate of drug-likeness (QED) is 0.448. The molecule has 0 aromatic carbocycles. The van der Waals surface area contributed by atoms with E-state index < -0.39 is 6.04 Å². The molecule has 0 saturated heterocycles. The Kier molecular flexibility index (Phi) is 5.97. The van der Waals surface area contributed by atoms with Gasteiger partial charge in [-0.15, -0.1) is 0 Å². The van der Waals surface area contributed by atoms with Crippen molar-refractivity contribution in [1.82, 2.24) is 0 Å². The molecule has 1 N–H and O–H groups in total. The van der Waals surface area contributed by atoms with Crippen molar-refractivity contribution in [3.05, 3.63) is 0 Å². The molecule has 0 bridgehead atoms. The molecular formula is C7H13NO2. The molecule has 0 aliphatic carbocycles. The van der Waals surface area contributed by atoms with Crippen LogP contribution in [0, 0.1) is 0 Å². The summed E-state index contributed by atoms with van der Waals surface area (Å²) >= 11 is 0. The second kappa shape index (κ2) is 6.42. The van der Waals surface area contributed by atoms with Gasteiger partial charge in [-0.05, 0) is 12.6 Å². The van der Waals surface area contributed by atoms with E-state index in [2.05, 4.69) is 4.99 Å². The molecule has 1 atom stereocenters. The van der Waals surface area contributed by atoms with Gasteiger partial charge >= 0.3 is 0 Å². The zero-order chi connectivity index (χ0) is 7.82. The summed E-state index contributed by atoms with van der Waals surface area (Å²) in [7, 11) is 0. The molecule has 0 spiro atoms. The summed E-state index contributed by atoms with van der Waals surface area (Å²) in [4.78, 5) is 13.9. The number of unbranched alkanes of at least 4 members (excludes halogenated alkanes) is 1. The van der Waals surface area contributed by atoms with Crippen LogP contribution in [0.3, 0.4) is 0 Å². The van der Waals surface area contributed by atoms with Gasteiger partial charge in [-0.3, -0.25) is 4.99 Å². The molecule has 0 rings (SSSR count). The summed E-state index contributed by atoms with van der Waals surface area (Å²) < 4.78 is 0. The number of aliphatic hydroxyl groups is 1. The Balaban J connectivity index is 3.50. The van der Waals surface area contributed by atoms with Gasteiger partial charge < -0.3 is 9.90 Å². The van der Waals surface area contributed by atoms with Crippen LogP contribution in [0.25, 0.3) is 0 Å². The molecule has 0 aromatic heterocycles.